The van der Waals surface area contributed by atoms with Gasteiger partial charge in [0.2, 0.25) is 5.91 Å². The molecule has 1 N–H and O–H groups in total. The molecule has 0 saturated heterocycles. The summed E-state index contributed by atoms with van der Waals surface area (Å²) in [5, 5.41) is 9.33. The summed E-state index contributed by atoms with van der Waals surface area (Å²) < 4.78 is 19.6. The number of ether oxygens (including phenoxy) is 1. The van der Waals surface area contributed by atoms with Crippen LogP contribution in [-0.2, 0) is 14.4 Å². The van der Waals surface area contributed by atoms with Crippen molar-refractivity contribution in [3.8, 4) is 5.75 Å². The lowest BCUT2D eigenvalue weighted by atomic mass is 9.72. The second-order valence-corrected chi connectivity index (χ2v) is 10.9. The lowest BCUT2D eigenvalue weighted by molar-refractivity contribution is -0.138. The molecule has 0 unspecified atom stereocenters. The highest BCUT2D eigenvalue weighted by Gasteiger charge is 2.46. The number of fused-ring (bicyclic) bond motifs is 2. The number of anilines is 1. The first-order chi connectivity index (χ1) is 20.4. The molecule has 1 saturated carbocycles. The third kappa shape index (κ3) is 6.43. The van der Waals surface area contributed by atoms with Crippen LogP contribution in [0.5, 0.6) is 5.75 Å². The summed E-state index contributed by atoms with van der Waals surface area (Å²) in [5.41, 5.74) is 3.34. The number of aliphatic carboxylic acids is 1. The molecule has 1 fully saturated rings. The van der Waals surface area contributed by atoms with E-state index in [0.29, 0.717) is 35.9 Å². The Bertz CT molecular complexity index is 1470. The summed E-state index contributed by atoms with van der Waals surface area (Å²) in [7, 11) is 0. The van der Waals surface area contributed by atoms with E-state index >= 15 is 0 Å². The van der Waals surface area contributed by atoms with Gasteiger partial charge in [0.15, 0.2) is 0 Å². The van der Waals surface area contributed by atoms with Crippen LogP contribution in [0.1, 0.15) is 75.0 Å². The summed E-state index contributed by atoms with van der Waals surface area (Å²) in [5.74, 6) is -2.06. The van der Waals surface area contributed by atoms with Crippen LogP contribution in [0.2, 0.25) is 0 Å². The Morgan fingerprint density at radius 2 is 1.67 bits per heavy atom. The molecule has 0 bridgehead atoms. The van der Waals surface area contributed by atoms with E-state index in [9.17, 15) is 23.9 Å². The van der Waals surface area contributed by atoms with Crippen LogP contribution in [-0.4, -0.2) is 35.1 Å². The second-order valence-electron chi connectivity index (χ2n) is 10.9. The summed E-state index contributed by atoms with van der Waals surface area (Å²) in [6, 6.07) is 20.2. The number of unbranched alkanes of at least 4 members (excludes halogenated alkanes) is 2. The average molecular weight is 571 g/mol. The second kappa shape index (κ2) is 13.1. The molecule has 1 aliphatic carbocycles. The van der Waals surface area contributed by atoms with Crippen LogP contribution in [0.3, 0.4) is 0 Å². The molecule has 0 radical (unpaired) electrons. The molecule has 1 aliphatic heterocycles. The normalized spacial score (nSPS) is 19.8. The molecule has 0 aromatic heterocycles. The van der Waals surface area contributed by atoms with Crippen LogP contribution in [0, 0.1) is 11.7 Å². The number of amides is 1. The number of ketones is 1. The highest BCUT2D eigenvalue weighted by Crippen LogP contribution is 2.47. The van der Waals surface area contributed by atoms with Gasteiger partial charge in [-0.25, -0.2) is 4.39 Å². The molecule has 5 rings (SSSR count). The Kier molecular flexibility index (Phi) is 9.10. The van der Waals surface area contributed by atoms with E-state index in [4.69, 9.17) is 9.73 Å². The fourth-order valence-corrected chi connectivity index (χ4v) is 5.94. The minimum atomic E-state index is -1.07. The van der Waals surface area contributed by atoms with Crippen molar-refractivity contribution in [3.63, 3.8) is 0 Å². The number of rotatable bonds is 10. The molecule has 0 spiro atoms. The van der Waals surface area contributed by atoms with Crippen molar-refractivity contribution >= 4 is 34.7 Å². The van der Waals surface area contributed by atoms with Crippen molar-refractivity contribution in [3.05, 3.63) is 89.7 Å². The molecule has 2 aliphatic rings. The van der Waals surface area contributed by atoms with Gasteiger partial charge in [0.1, 0.15) is 17.3 Å². The first-order valence-corrected chi connectivity index (χ1v) is 14.6. The van der Waals surface area contributed by atoms with E-state index in [0.717, 1.165) is 30.4 Å². The Labute approximate surface area is 245 Å². The van der Waals surface area contributed by atoms with E-state index in [-0.39, 0.29) is 42.7 Å². The number of carboxylic acid groups (broad SMARTS) is 1. The van der Waals surface area contributed by atoms with Crippen LogP contribution >= 0.6 is 0 Å². The van der Waals surface area contributed by atoms with E-state index in [1.165, 1.54) is 12.1 Å². The molecular formula is C34H35FN2O5. The van der Waals surface area contributed by atoms with Gasteiger partial charge in [-0.2, -0.15) is 0 Å². The maximum absolute atomic E-state index is 14.1. The molecule has 3 aromatic rings. The van der Waals surface area contributed by atoms with Crippen molar-refractivity contribution < 1.29 is 28.6 Å². The molecule has 3 aromatic carbocycles. The average Bonchev–Trinajstić information content (AvgIpc) is 3.13. The smallest absolute Gasteiger partial charge is 0.303 e. The van der Waals surface area contributed by atoms with E-state index < -0.39 is 17.9 Å². The number of halogens is 1. The molecule has 8 heteroatoms. The van der Waals surface area contributed by atoms with Gasteiger partial charge in [0.05, 0.1) is 36.4 Å². The van der Waals surface area contributed by atoms with Crippen molar-refractivity contribution in [1.82, 2.24) is 0 Å². The Morgan fingerprint density at radius 1 is 0.952 bits per heavy atom. The van der Waals surface area contributed by atoms with Crippen LogP contribution in [0.4, 0.5) is 15.8 Å². The Balaban J connectivity index is 1.56. The number of carbonyl (C=O) groups excluding carboxylic acids is 2. The highest BCUT2D eigenvalue weighted by atomic mass is 19.1. The first kappa shape index (κ1) is 29.2. The largest absolute Gasteiger partial charge is 0.494 e. The van der Waals surface area contributed by atoms with Gasteiger partial charge in [-0.1, -0.05) is 56.2 Å². The maximum Gasteiger partial charge on any atom is 0.303 e. The molecular weight excluding hydrogens is 535 g/mol. The highest BCUT2D eigenvalue weighted by molar-refractivity contribution is 6.13. The molecule has 42 heavy (non-hydrogen) atoms. The quantitative estimate of drug-likeness (QED) is 0.261. The fourth-order valence-electron chi connectivity index (χ4n) is 5.94. The first-order valence-electron chi connectivity index (χ1n) is 14.6. The minimum absolute atomic E-state index is 0.0666. The number of carbonyl (C=O) groups is 3. The predicted molar refractivity (Wildman–Crippen MR) is 159 cm³/mol. The van der Waals surface area contributed by atoms with Gasteiger partial charge in [-0.3, -0.25) is 19.4 Å². The van der Waals surface area contributed by atoms with Crippen LogP contribution < -0.4 is 9.64 Å². The van der Waals surface area contributed by atoms with Gasteiger partial charge < -0.3 is 14.7 Å². The Hall–Kier alpha value is -4.33. The summed E-state index contributed by atoms with van der Waals surface area (Å²) in [6.07, 6.45) is 3.28. The summed E-state index contributed by atoms with van der Waals surface area (Å²) in [6.45, 7) is 2.74. The number of hydrogen-bond donors (Lipinski definition) is 1. The summed E-state index contributed by atoms with van der Waals surface area (Å²) >= 11 is 0. The Morgan fingerprint density at radius 3 is 2.38 bits per heavy atom. The monoisotopic (exact) mass is 570 g/mol. The number of benzene rings is 3. The molecule has 1 amide bonds. The predicted octanol–water partition coefficient (Wildman–Crippen LogP) is 7.18. The minimum Gasteiger partial charge on any atom is -0.494 e. The van der Waals surface area contributed by atoms with E-state index in [1.54, 1.807) is 35.2 Å². The molecule has 1 heterocycles. The number of hydrogen-bond acceptors (Lipinski definition) is 5. The van der Waals surface area contributed by atoms with Gasteiger partial charge in [-0.15, -0.1) is 0 Å². The van der Waals surface area contributed by atoms with Crippen LogP contribution in [0.25, 0.3) is 0 Å². The SMILES string of the molecule is CCCCCOc1ccc([C@@H]2[C@@H]3C(=O)C[C@H](c4ccc(F)cc4)CC3=Nc3ccccc3N2C(=O)CCC(=O)O)cc1. The zero-order valence-corrected chi connectivity index (χ0v) is 23.7. The molecule has 7 nitrogen and oxygen atoms in total. The molecule has 218 valence electrons. The lowest BCUT2D eigenvalue weighted by Gasteiger charge is -2.39. The van der Waals surface area contributed by atoms with Crippen molar-refractivity contribution in [2.24, 2.45) is 10.9 Å². The van der Waals surface area contributed by atoms with E-state index in [2.05, 4.69) is 6.92 Å². The number of aliphatic imine (C=N–C) groups is 1. The number of nitrogens with zero attached hydrogens (tertiary/aromatic N) is 2. The number of carboxylic acids is 1. The van der Waals surface area contributed by atoms with Gasteiger partial charge >= 0.3 is 5.97 Å². The van der Waals surface area contributed by atoms with Gasteiger partial charge in [0, 0.05) is 18.6 Å². The van der Waals surface area contributed by atoms with Crippen molar-refractivity contribution in [2.75, 3.05) is 11.5 Å². The topological polar surface area (TPSA) is 96.3 Å². The lowest BCUT2D eigenvalue weighted by Crippen LogP contribution is -2.45. The maximum atomic E-state index is 14.1. The fraction of sp³-hybridized carbons (Fsp3) is 0.353. The van der Waals surface area contributed by atoms with Crippen molar-refractivity contribution in [2.45, 2.75) is 63.8 Å². The third-order valence-corrected chi connectivity index (χ3v) is 8.01. The van der Waals surface area contributed by atoms with E-state index in [1.807, 2.05) is 30.3 Å². The third-order valence-electron chi connectivity index (χ3n) is 8.01. The van der Waals surface area contributed by atoms with Crippen LogP contribution in [0.15, 0.2) is 77.8 Å². The van der Waals surface area contributed by atoms with Gasteiger partial charge in [-0.05, 0) is 66.3 Å². The zero-order valence-electron chi connectivity index (χ0n) is 23.7. The standard InChI is InChI=1S/C34H35FN2O5/c1-2-3-6-19-42-26-15-11-23(12-16-26)34-33-28(20-24(21-30(33)38)22-9-13-25(35)14-10-22)36-27-7-4-5-8-29(27)37(34)31(39)17-18-32(40)41/h4-5,7-16,24,33-34H,2-3,6,17-21H2,1H3,(H,40,41)/t24-,33+,34-/m1/s1. The van der Waals surface area contributed by atoms with Gasteiger partial charge in [0.25, 0.3) is 0 Å². The van der Waals surface area contributed by atoms with Crippen molar-refractivity contribution in [1.29, 1.82) is 0 Å². The summed E-state index contributed by atoms with van der Waals surface area (Å²) in [4.78, 5) is 45.8. The molecule has 3 atom stereocenters. The number of para-hydroxylation sites is 2. The zero-order chi connectivity index (χ0) is 29.6. The number of Topliss-reactive ketones (excluding diaryl/α,β-unsaturated/α-hetero) is 1.